The van der Waals surface area contributed by atoms with Crippen LogP contribution in [-0.4, -0.2) is 0 Å². The summed E-state index contributed by atoms with van der Waals surface area (Å²) in [6.07, 6.45) is 8.14. The Kier molecular flexibility index (Phi) is 2.88. The standard InChI is InChI=1S/C15H14N4/c16-8-12-14(10-4-3-7-18-9-10)11-5-1-2-6-13(11)19-15(12)17/h3-4,7,9H,1-2,5-6H2,(H2,17,19)/p+2. The highest BCUT2D eigenvalue weighted by Crippen LogP contribution is 2.33. The first-order valence-corrected chi connectivity index (χ1v) is 6.54. The first-order chi connectivity index (χ1) is 9.31. The van der Waals surface area contributed by atoms with Crippen LogP contribution in [0.15, 0.2) is 24.5 Å². The SMILES string of the molecule is N#Cc1c(N)[nH+]c2c(c1-c1ccc[nH+]c1)CCCC2. The lowest BCUT2D eigenvalue weighted by Gasteiger charge is -2.17. The van der Waals surface area contributed by atoms with Crippen LogP contribution in [0.4, 0.5) is 5.82 Å². The van der Waals surface area contributed by atoms with Crippen molar-refractivity contribution in [2.75, 3.05) is 5.73 Å². The maximum atomic E-state index is 9.40. The third-order valence-electron chi connectivity index (χ3n) is 3.68. The lowest BCUT2D eigenvalue weighted by Crippen LogP contribution is -2.24. The van der Waals surface area contributed by atoms with E-state index in [1.54, 1.807) is 0 Å². The van der Waals surface area contributed by atoms with Gasteiger partial charge in [-0.3, -0.25) is 5.73 Å². The molecule has 1 aliphatic rings. The van der Waals surface area contributed by atoms with Gasteiger partial charge in [-0.2, -0.15) is 5.26 Å². The zero-order valence-corrected chi connectivity index (χ0v) is 10.7. The van der Waals surface area contributed by atoms with E-state index in [9.17, 15) is 5.26 Å². The van der Waals surface area contributed by atoms with Crippen LogP contribution >= 0.6 is 0 Å². The summed E-state index contributed by atoms with van der Waals surface area (Å²) in [5, 5.41) is 9.40. The third-order valence-corrected chi connectivity index (χ3v) is 3.68. The molecular formula is C15H16N4+2. The fourth-order valence-corrected chi connectivity index (χ4v) is 2.81. The molecule has 0 spiro atoms. The van der Waals surface area contributed by atoms with Crippen LogP contribution in [0.1, 0.15) is 29.7 Å². The summed E-state index contributed by atoms with van der Waals surface area (Å²) in [7, 11) is 0. The van der Waals surface area contributed by atoms with Gasteiger partial charge in [-0.05, 0) is 25.3 Å². The molecule has 4 N–H and O–H groups in total. The van der Waals surface area contributed by atoms with E-state index >= 15 is 0 Å². The molecule has 0 aromatic carbocycles. The van der Waals surface area contributed by atoms with Crippen molar-refractivity contribution in [3.05, 3.63) is 41.3 Å². The summed E-state index contributed by atoms with van der Waals surface area (Å²) in [4.78, 5) is 6.28. The molecular weight excluding hydrogens is 236 g/mol. The van der Waals surface area contributed by atoms with Crippen molar-refractivity contribution in [2.24, 2.45) is 0 Å². The Morgan fingerprint density at radius 1 is 1.26 bits per heavy atom. The number of nitrogens with two attached hydrogens (primary N) is 1. The van der Waals surface area contributed by atoms with Crippen molar-refractivity contribution in [2.45, 2.75) is 25.7 Å². The average molecular weight is 252 g/mol. The van der Waals surface area contributed by atoms with Gasteiger partial charge >= 0.3 is 0 Å². The highest BCUT2D eigenvalue weighted by molar-refractivity contribution is 5.77. The fourth-order valence-electron chi connectivity index (χ4n) is 2.81. The Morgan fingerprint density at radius 2 is 2.11 bits per heavy atom. The largest absolute Gasteiger partial charge is 0.289 e. The van der Waals surface area contributed by atoms with E-state index in [1.165, 1.54) is 24.1 Å². The first kappa shape index (κ1) is 11.7. The Hall–Kier alpha value is -2.41. The third kappa shape index (κ3) is 1.93. The Bertz CT molecular complexity index is 656. The molecule has 19 heavy (non-hydrogen) atoms. The number of hydrogen-bond acceptors (Lipinski definition) is 2. The van der Waals surface area contributed by atoms with Crippen molar-refractivity contribution < 1.29 is 9.97 Å². The highest BCUT2D eigenvalue weighted by atomic mass is 14.9. The van der Waals surface area contributed by atoms with Crippen LogP contribution in [0, 0.1) is 11.3 Å². The number of aryl methyl sites for hydroxylation is 1. The summed E-state index contributed by atoms with van der Waals surface area (Å²) in [6.45, 7) is 0. The predicted molar refractivity (Wildman–Crippen MR) is 70.8 cm³/mol. The number of anilines is 1. The van der Waals surface area contributed by atoms with E-state index in [0.717, 1.165) is 24.0 Å². The number of fused-ring (bicyclic) bond motifs is 1. The summed E-state index contributed by atoms with van der Waals surface area (Å²) < 4.78 is 0. The quantitative estimate of drug-likeness (QED) is 0.830. The molecule has 1 aliphatic carbocycles. The number of aromatic nitrogens is 2. The van der Waals surface area contributed by atoms with E-state index in [0.29, 0.717) is 11.4 Å². The Labute approximate surface area is 111 Å². The molecule has 4 nitrogen and oxygen atoms in total. The highest BCUT2D eigenvalue weighted by Gasteiger charge is 2.25. The van der Waals surface area contributed by atoms with E-state index in [-0.39, 0.29) is 0 Å². The molecule has 0 radical (unpaired) electrons. The monoisotopic (exact) mass is 252 g/mol. The molecule has 2 aromatic rings. The molecule has 2 aromatic heterocycles. The second kappa shape index (κ2) is 4.69. The predicted octanol–water partition coefficient (Wildman–Crippen LogP) is 1.31. The minimum absolute atomic E-state index is 0.474. The van der Waals surface area contributed by atoms with Crippen LogP contribution in [0.2, 0.25) is 0 Å². The number of aromatic amines is 2. The van der Waals surface area contributed by atoms with Crippen molar-refractivity contribution in [3.8, 4) is 17.2 Å². The second-order valence-electron chi connectivity index (χ2n) is 4.86. The molecule has 94 valence electrons. The van der Waals surface area contributed by atoms with Gasteiger partial charge < -0.3 is 0 Å². The summed E-state index contributed by atoms with van der Waals surface area (Å²) >= 11 is 0. The van der Waals surface area contributed by atoms with E-state index < -0.39 is 0 Å². The summed E-state index contributed by atoms with van der Waals surface area (Å²) in [6, 6.07) is 6.20. The maximum Gasteiger partial charge on any atom is 0.289 e. The lowest BCUT2D eigenvalue weighted by molar-refractivity contribution is -0.377. The molecule has 0 fully saturated rings. The molecule has 0 atom stereocenters. The number of hydrogen-bond donors (Lipinski definition) is 1. The number of nitrogens with one attached hydrogen (secondary N) is 2. The molecule has 2 heterocycles. The maximum absolute atomic E-state index is 9.40. The molecule has 0 unspecified atom stereocenters. The molecule has 0 aliphatic heterocycles. The molecule has 3 rings (SSSR count). The molecule has 0 amide bonds. The van der Waals surface area contributed by atoms with Crippen molar-refractivity contribution in [1.29, 1.82) is 5.26 Å². The average Bonchev–Trinajstić information content (AvgIpc) is 2.46. The normalized spacial score (nSPS) is 13.6. The van der Waals surface area contributed by atoms with Gasteiger partial charge in [0.1, 0.15) is 17.3 Å². The van der Waals surface area contributed by atoms with Crippen LogP contribution in [-0.2, 0) is 12.8 Å². The van der Waals surface area contributed by atoms with Gasteiger partial charge in [0.2, 0.25) is 0 Å². The van der Waals surface area contributed by atoms with Crippen LogP contribution in [0.5, 0.6) is 0 Å². The van der Waals surface area contributed by atoms with Crippen LogP contribution < -0.4 is 15.7 Å². The second-order valence-corrected chi connectivity index (χ2v) is 4.86. The zero-order chi connectivity index (χ0) is 13.2. The van der Waals surface area contributed by atoms with Gasteiger partial charge in [0.25, 0.3) is 5.82 Å². The number of H-pyrrole nitrogens is 2. The van der Waals surface area contributed by atoms with E-state index in [4.69, 9.17) is 5.73 Å². The summed E-state index contributed by atoms with van der Waals surface area (Å²) in [5.41, 5.74) is 11.0. The smallest absolute Gasteiger partial charge is 0.286 e. The molecule has 4 heteroatoms. The molecule has 0 saturated carbocycles. The van der Waals surface area contributed by atoms with Gasteiger partial charge in [-0.15, -0.1) is 0 Å². The van der Waals surface area contributed by atoms with E-state index in [1.807, 2.05) is 24.5 Å². The van der Waals surface area contributed by atoms with Gasteiger partial charge in [0.05, 0.1) is 0 Å². The van der Waals surface area contributed by atoms with Gasteiger partial charge in [-0.1, -0.05) is 0 Å². The zero-order valence-electron chi connectivity index (χ0n) is 10.7. The summed E-state index contributed by atoms with van der Waals surface area (Å²) in [5.74, 6) is 0.474. The minimum atomic E-state index is 0.474. The molecule has 0 bridgehead atoms. The van der Waals surface area contributed by atoms with Crippen molar-refractivity contribution >= 4 is 5.82 Å². The number of nitrogen functional groups attached to an aromatic ring is 1. The Morgan fingerprint density at radius 3 is 2.84 bits per heavy atom. The van der Waals surface area contributed by atoms with Crippen molar-refractivity contribution in [3.63, 3.8) is 0 Å². The fraction of sp³-hybridized carbons (Fsp3) is 0.267. The topological polar surface area (TPSA) is 78.1 Å². The lowest BCUT2D eigenvalue weighted by atomic mass is 9.87. The van der Waals surface area contributed by atoms with Crippen LogP contribution in [0.25, 0.3) is 11.1 Å². The van der Waals surface area contributed by atoms with Crippen molar-refractivity contribution in [1.82, 2.24) is 0 Å². The van der Waals surface area contributed by atoms with E-state index in [2.05, 4.69) is 16.0 Å². The number of pyridine rings is 2. The minimum Gasteiger partial charge on any atom is -0.286 e. The van der Waals surface area contributed by atoms with Gasteiger partial charge in [0, 0.05) is 29.2 Å². The van der Waals surface area contributed by atoms with Crippen LogP contribution in [0.3, 0.4) is 0 Å². The molecule has 0 saturated heterocycles. The number of nitriles is 1. The number of nitrogens with zero attached hydrogens (tertiary/aromatic N) is 1. The van der Waals surface area contributed by atoms with Gasteiger partial charge in [-0.25, -0.2) is 9.97 Å². The first-order valence-electron chi connectivity index (χ1n) is 6.54. The number of rotatable bonds is 1. The van der Waals surface area contributed by atoms with Gasteiger partial charge in [0.15, 0.2) is 12.4 Å². The Balaban J connectivity index is 2.32.